The standard InChI is InChI=1S/C12H14BrN5O/c1-19-7-6-14-12-17-11(8-15-18-12)16-10-4-2-9(13)3-5-10/h2-5,8H,6-7H2,1H3,(H2,14,16,17,18). The van der Waals surface area contributed by atoms with Gasteiger partial charge in [-0.2, -0.15) is 10.1 Å². The highest BCUT2D eigenvalue weighted by Gasteiger charge is 2.00. The molecule has 2 N–H and O–H groups in total. The molecule has 0 bridgehead atoms. The Hall–Kier alpha value is -1.73. The first kappa shape index (κ1) is 13.7. The predicted molar refractivity (Wildman–Crippen MR) is 77.6 cm³/mol. The Morgan fingerprint density at radius 1 is 1.26 bits per heavy atom. The summed E-state index contributed by atoms with van der Waals surface area (Å²) < 4.78 is 5.97. The lowest BCUT2D eigenvalue weighted by Gasteiger charge is -2.07. The highest BCUT2D eigenvalue weighted by atomic mass is 79.9. The van der Waals surface area contributed by atoms with E-state index in [1.165, 1.54) is 0 Å². The van der Waals surface area contributed by atoms with Gasteiger partial charge >= 0.3 is 0 Å². The number of anilines is 3. The zero-order valence-corrected chi connectivity index (χ0v) is 12.0. The third-order valence-corrected chi connectivity index (χ3v) is 2.79. The molecule has 100 valence electrons. The smallest absolute Gasteiger partial charge is 0.244 e. The predicted octanol–water partition coefficient (Wildman–Crippen LogP) is 2.44. The van der Waals surface area contributed by atoms with Crippen LogP contribution in [0.4, 0.5) is 17.5 Å². The van der Waals surface area contributed by atoms with E-state index in [-0.39, 0.29) is 0 Å². The minimum absolute atomic E-state index is 0.471. The first-order chi connectivity index (χ1) is 9.28. The van der Waals surface area contributed by atoms with Gasteiger partial charge in [-0.3, -0.25) is 0 Å². The summed E-state index contributed by atoms with van der Waals surface area (Å²) in [7, 11) is 1.65. The van der Waals surface area contributed by atoms with Crippen molar-refractivity contribution in [1.29, 1.82) is 0 Å². The van der Waals surface area contributed by atoms with Gasteiger partial charge in [-0.15, -0.1) is 5.10 Å². The number of hydrogen-bond donors (Lipinski definition) is 2. The van der Waals surface area contributed by atoms with Crippen LogP contribution in [0.1, 0.15) is 0 Å². The molecule has 0 aliphatic carbocycles. The molecule has 0 aliphatic heterocycles. The lowest BCUT2D eigenvalue weighted by molar-refractivity contribution is 0.210. The molecule has 1 aromatic carbocycles. The number of hydrogen-bond acceptors (Lipinski definition) is 6. The summed E-state index contributed by atoms with van der Waals surface area (Å²) in [6.45, 7) is 1.23. The van der Waals surface area contributed by atoms with Gasteiger partial charge in [0.25, 0.3) is 0 Å². The maximum absolute atomic E-state index is 4.94. The summed E-state index contributed by atoms with van der Waals surface area (Å²) in [5, 5.41) is 14.0. The largest absolute Gasteiger partial charge is 0.383 e. The van der Waals surface area contributed by atoms with Crippen LogP contribution < -0.4 is 10.6 Å². The zero-order valence-electron chi connectivity index (χ0n) is 10.4. The van der Waals surface area contributed by atoms with Gasteiger partial charge in [-0.25, -0.2) is 0 Å². The second kappa shape index (κ2) is 7.01. The van der Waals surface area contributed by atoms with Crippen LogP contribution in [0.15, 0.2) is 34.9 Å². The van der Waals surface area contributed by atoms with Gasteiger partial charge < -0.3 is 15.4 Å². The molecule has 0 radical (unpaired) electrons. The minimum atomic E-state index is 0.471. The van der Waals surface area contributed by atoms with Gasteiger partial charge in [0.15, 0.2) is 5.82 Å². The maximum atomic E-state index is 4.94. The zero-order chi connectivity index (χ0) is 13.5. The van der Waals surface area contributed by atoms with E-state index in [1.54, 1.807) is 13.3 Å². The van der Waals surface area contributed by atoms with Crippen molar-refractivity contribution in [2.45, 2.75) is 0 Å². The average molecular weight is 324 g/mol. The number of rotatable bonds is 6. The Bertz CT molecular complexity index is 520. The van der Waals surface area contributed by atoms with Crippen molar-refractivity contribution in [3.63, 3.8) is 0 Å². The molecular formula is C12H14BrN5O. The molecule has 19 heavy (non-hydrogen) atoms. The lowest BCUT2D eigenvalue weighted by Crippen LogP contribution is -2.11. The molecule has 1 heterocycles. The van der Waals surface area contributed by atoms with E-state index in [1.807, 2.05) is 24.3 Å². The van der Waals surface area contributed by atoms with E-state index in [0.29, 0.717) is 24.9 Å². The van der Waals surface area contributed by atoms with Gasteiger partial charge in [0, 0.05) is 23.8 Å². The fourth-order valence-corrected chi connectivity index (χ4v) is 1.65. The molecule has 0 atom stereocenters. The summed E-state index contributed by atoms with van der Waals surface area (Å²) in [4.78, 5) is 4.30. The molecule has 0 fully saturated rings. The monoisotopic (exact) mass is 323 g/mol. The lowest BCUT2D eigenvalue weighted by atomic mass is 10.3. The topological polar surface area (TPSA) is 72.0 Å². The number of methoxy groups -OCH3 is 1. The van der Waals surface area contributed by atoms with Gasteiger partial charge in [0.2, 0.25) is 5.95 Å². The van der Waals surface area contributed by atoms with E-state index in [9.17, 15) is 0 Å². The van der Waals surface area contributed by atoms with E-state index in [4.69, 9.17) is 4.74 Å². The van der Waals surface area contributed by atoms with Crippen molar-refractivity contribution < 1.29 is 4.74 Å². The van der Waals surface area contributed by atoms with Crippen molar-refractivity contribution in [2.75, 3.05) is 30.9 Å². The van der Waals surface area contributed by atoms with E-state index >= 15 is 0 Å². The Morgan fingerprint density at radius 2 is 2.05 bits per heavy atom. The molecule has 0 spiro atoms. The molecule has 2 aromatic rings. The second-order valence-corrected chi connectivity index (χ2v) is 4.63. The van der Waals surface area contributed by atoms with Crippen LogP contribution in [0.3, 0.4) is 0 Å². The maximum Gasteiger partial charge on any atom is 0.244 e. The number of halogens is 1. The van der Waals surface area contributed by atoms with Crippen molar-refractivity contribution in [3.05, 3.63) is 34.9 Å². The molecule has 7 heteroatoms. The summed E-state index contributed by atoms with van der Waals surface area (Å²) in [5.74, 6) is 1.11. The average Bonchev–Trinajstić information content (AvgIpc) is 2.42. The first-order valence-electron chi connectivity index (χ1n) is 5.73. The molecule has 0 saturated carbocycles. The van der Waals surface area contributed by atoms with E-state index < -0.39 is 0 Å². The van der Waals surface area contributed by atoms with Crippen LogP contribution in [-0.4, -0.2) is 35.4 Å². The Balaban J connectivity index is 2.00. The van der Waals surface area contributed by atoms with Crippen LogP contribution in [-0.2, 0) is 4.74 Å². The second-order valence-electron chi connectivity index (χ2n) is 3.72. The molecule has 1 aromatic heterocycles. The van der Waals surface area contributed by atoms with Crippen molar-refractivity contribution in [1.82, 2.24) is 15.2 Å². The van der Waals surface area contributed by atoms with Crippen molar-refractivity contribution in [2.24, 2.45) is 0 Å². The Labute approximate surface area is 119 Å². The number of nitrogens with zero attached hydrogens (tertiary/aromatic N) is 3. The number of benzene rings is 1. The van der Waals surface area contributed by atoms with Crippen LogP contribution in [0.2, 0.25) is 0 Å². The van der Waals surface area contributed by atoms with Crippen LogP contribution in [0.5, 0.6) is 0 Å². The van der Waals surface area contributed by atoms with Crippen LogP contribution >= 0.6 is 15.9 Å². The van der Waals surface area contributed by atoms with Gasteiger partial charge in [-0.1, -0.05) is 15.9 Å². The highest BCUT2D eigenvalue weighted by molar-refractivity contribution is 9.10. The van der Waals surface area contributed by atoms with Gasteiger partial charge in [-0.05, 0) is 24.3 Å². The summed E-state index contributed by atoms with van der Waals surface area (Å²) in [6, 6.07) is 7.80. The number of aromatic nitrogens is 3. The van der Waals surface area contributed by atoms with Gasteiger partial charge in [0.05, 0.1) is 12.8 Å². The SMILES string of the molecule is COCCNc1nncc(Nc2ccc(Br)cc2)n1. The highest BCUT2D eigenvalue weighted by Crippen LogP contribution is 2.17. The van der Waals surface area contributed by atoms with E-state index in [0.717, 1.165) is 10.2 Å². The normalized spacial score (nSPS) is 10.2. The number of ether oxygens (including phenoxy) is 1. The molecular weight excluding hydrogens is 310 g/mol. The molecule has 6 nitrogen and oxygen atoms in total. The first-order valence-corrected chi connectivity index (χ1v) is 6.52. The Kier molecular flexibility index (Phi) is 5.05. The number of nitrogens with one attached hydrogen (secondary N) is 2. The molecule has 0 amide bonds. The quantitative estimate of drug-likeness (QED) is 0.795. The molecule has 0 saturated heterocycles. The molecule has 0 unspecified atom stereocenters. The summed E-state index contributed by atoms with van der Waals surface area (Å²) in [6.07, 6.45) is 1.57. The fourth-order valence-electron chi connectivity index (χ4n) is 1.38. The van der Waals surface area contributed by atoms with Crippen molar-refractivity contribution in [3.8, 4) is 0 Å². The van der Waals surface area contributed by atoms with Crippen LogP contribution in [0.25, 0.3) is 0 Å². The van der Waals surface area contributed by atoms with E-state index in [2.05, 4.69) is 41.7 Å². The summed E-state index contributed by atoms with van der Waals surface area (Å²) >= 11 is 3.39. The molecule has 2 rings (SSSR count). The summed E-state index contributed by atoms with van der Waals surface area (Å²) in [5.41, 5.74) is 0.937. The minimum Gasteiger partial charge on any atom is -0.383 e. The van der Waals surface area contributed by atoms with Gasteiger partial charge in [0.1, 0.15) is 0 Å². The van der Waals surface area contributed by atoms with Crippen molar-refractivity contribution >= 4 is 33.4 Å². The third-order valence-electron chi connectivity index (χ3n) is 2.26. The third kappa shape index (κ3) is 4.46. The van der Waals surface area contributed by atoms with Crippen LogP contribution in [0, 0.1) is 0 Å². The fraction of sp³-hybridized carbons (Fsp3) is 0.250. The Morgan fingerprint density at radius 3 is 2.79 bits per heavy atom. The molecule has 0 aliphatic rings.